The van der Waals surface area contributed by atoms with E-state index in [1.165, 1.54) is 24.8 Å². The van der Waals surface area contributed by atoms with Gasteiger partial charge in [0, 0.05) is 5.41 Å². The third-order valence-electron chi connectivity index (χ3n) is 8.43. The molecule has 0 aromatic heterocycles. The van der Waals surface area contributed by atoms with Crippen LogP contribution in [0.15, 0.2) is 11.6 Å². The molecule has 4 nitrogen and oxygen atoms in total. The van der Waals surface area contributed by atoms with Crippen molar-refractivity contribution in [3.8, 4) is 0 Å². The lowest BCUT2D eigenvalue weighted by molar-refractivity contribution is -0.144. The van der Waals surface area contributed by atoms with Crippen molar-refractivity contribution < 1.29 is 19.1 Å². The van der Waals surface area contributed by atoms with Gasteiger partial charge >= 0.3 is 0 Å². The number of allylic oxidation sites excluding steroid dienone is 1. The molecule has 3 fully saturated rings. The highest BCUT2D eigenvalue weighted by Crippen LogP contribution is 2.65. The summed E-state index contributed by atoms with van der Waals surface area (Å²) in [5, 5.41) is 0. The van der Waals surface area contributed by atoms with E-state index in [9.17, 15) is 9.59 Å². The Balaban J connectivity index is 1.59. The van der Waals surface area contributed by atoms with Gasteiger partial charge in [-0.1, -0.05) is 19.4 Å². The topological polar surface area (TPSA) is 52.6 Å². The fourth-order valence-electron chi connectivity index (χ4n) is 7.12. The van der Waals surface area contributed by atoms with Crippen molar-refractivity contribution in [2.45, 2.75) is 77.4 Å². The average Bonchev–Trinajstić information content (AvgIpc) is 2.93. The molecule has 0 saturated heterocycles. The largest absolute Gasteiger partial charge is 0.464 e. The fraction of sp³-hybridized carbons (Fsp3) is 0.810. The molecular formula is C21H30O4. The Hall–Kier alpha value is -1.32. The van der Waals surface area contributed by atoms with E-state index in [0.29, 0.717) is 18.9 Å². The summed E-state index contributed by atoms with van der Waals surface area (Å²) in [4.78, 5) is 21.6. The van der Waals surface area contributed by atoms with Crippen molar-refractivity contribution in [1.29, 1.82) is 0 Å². The lowest BCUT2D eigenvalue weighted by atomic mass is 9.47. The minimum atomic E-state index is -0.0252. The molecule has 0 bridgehead atoms. The molecule has 0 N–H and O–H groups in total. The van der Waals surface area contributed by atoms with Crippen LogP contribution in [0.25, 0.3) is 0 Å². The van der Waals surface area contributed by atoms with Crippen LogP contribution in [0.2, 0.25) is 0 Å². The maximum atomic E-state index is 10.9. The highest BCUT2D eigenvalue weighted by molar-refractivity contribution is 5.39. The van der Waals surface area contributed by atoms with Gasteiger partial charge in [0.05, 0.1) is 0 Å². The first kappa shape index (κ1) is 17.1. The van der Waals surface area contributed by atoms with Crippen LogP contribution in [0.4, 0.5) is 0 Å². The van der Waals surface area contributed by atoms with E-state index >= 15 is 0 Å². The van der Waals surface area contributed by atoms with E-state index in [4.69, 9.17) is 9.47 Å². The van der Waals surface area contributed by atoms with Crippen molar-refractivity contribution in [2.75, 3.05) is 0 Å². The molecule has 4 aliphatic carbocycles. The van der Waals surface area contributed by atoms with Crippen LogP contribution in [0.3, 0.4) is 0 Å². The zero-order valence-electron chi connectivity index (χ0n) is 15.4. The number of rotatable bonds is 4. The summed E-state index contributed by atoms with van der Waals surface area (Å²) in [5.41, 5.74) is 1.95. The molecule has 0 unspecified atom stereocenters. The highest BCUT2D eigenvalue weighted by Gasteiger charge is 2.59. The van der Waals surface area contributed by atoms with Gasteiger partial charge in [-0.2, -0.15) is 0 Å². The maximum absolute atomic E-state index is 10.9. The van der Waals surface area contributed by atoms with Gasteiger partial charge in [-0.3, -0.25) is 9.59 Å². The van der Waals surface area contributed by atoms with Gasteiger partial charge in [0.2, 0.25) is 0 Å². The number of fused-ring (bicyclic) bond motifs is 5. The Bertz CT molecular complexity index is 584. The van der Waals surface area contributed by atoms with Crippen LogP contribution in [0.5, 0.6) is 0 Å². The standard InChI is InChI=1S/C21H30O4/c1-20-9-7-15(24-12-22)11-14(20)3-4-16-17-5-6-19(25-13-23)21(17,2)10-8-18(16)20/h11-13,15-19H,3-10H2,1-2H3/t15-,16-,17-,18-,19-,20-,21-/m0/s1. The molecule has 0 aromatic carbocycles. The molecule has 4 heteroatoms. The predicted octanol–water partition coefficient (Wildman–Crippen LogP) is 4.03. The first-order valence-corrected chi connectivity index (χ1v) is 9.92. The van der Waals surface area contributed by atoms with E-state index < -0.39 is 0 Å². The first-order chi connectivity index (χ1) is 12.0. The number of carbonyl (C=O) groups is 2. The van der Waals surface area contributed by atoms with Crippen LogP contribution in [0.1, 0.15) is 65.2 Å². The van der Waals surface area contributed by atoms with Crippen LogP contribution in [0, 0.1) is 28.6 Å². The Morgan fingerprint density at radius 1 is 0.960 bits per heavy atom. The zero-order valence-corrected chi connectivity index (χ0v) is 15.4. The molecule has 0 radical (unpaired) electrons. The molecule has 0 aromatic rings. The zero-order chi connectivity index (χ0) is 17.7. The maximum Gasteiger partial charge on any atom is 0.293 e. The lowest BCUT2D eigenvalue weighted by Crippen LogP contribution is -2.51. The lowest BCUT2D eigenvalue weighted by Gasteiger charge is -2.58. The summed E-state index contributed by atoms with van der Waals surface area (Å²) in [5.74, 6) is 2.14. The predicted molar refractivity (Wildman–Crippen MR) is 93.6 cm³/mol. The number of hydrogen-bond donors (Lipinski definition) is 0. The van der Waals surface area contributed by atoms with Gasteiger partial charge in [0.15, 0.2) is 0 Å². The van der Waals surface area contributed by atoms with Crippen molar-refractivity contribution in [3.63, 3.8) is 0 Å². The quantitative estimate of drug-likeness (QED) is 0.569. The average molecular weight is 346 g/mol. The van der Waals surface area contributed by atoms with E-state index in [0.717, 1.165) is 43.9 Å². The first-order valence-electron chi connectivity index (χ1n) is 9.92. The van der Waals surface area contributed by atoms with Crippen molar-refractivity contribution in [1.82, 2.24) is 0 Å². The molecule has 138 valence electrons. The van der Waals surface area contributed by atoms with Crippen LogP contribution in [-0.2, 0) is 19.1 Å². The minimum absolute atomic E-state index is 0.0252. The number of hydrogen-bond acceptors (Lipinski definition) is 4. The Labute approximate surface area is 150 Å². The van der Waals surface area contributed by atoms with E-state index in [-0.39, 0.29) is 23.0 Å². The summed E-state index contributed by atoms with van der Waals surface area (Å²) in [6, 6.07) is 0. The highest BCUT2D eigenvalue weighted by atomic mass is 16.5. The molecule has 0 spiro atoms. The molecule has 25 heavy (non-hydrogen) atoms. The summed E-state index contributed by atoms with van der Waals surface area (Å²) in [6.07, 6.45) is 11.4. The molecule has 0 amide bonds. The second-order valence-corrected chi connectivity index (χ2v) is 9.18. The molecular weight excluding hydrogens is 316 g/mol. The Morgan fingerprint density at radius 3 is 2.52 bits per heavy atom. The third-order valence-corrected chi connectivity index (χ3v) is 8.43. The van der Waals surface area contributed by atoms with E-state index in [2.05, 4.69) is 19.9 Å². The smallest absolute Gasteiger partial charge is 0.293 e. The van der Waals surface area contributed by atoms with Crippen molar-refractivity contribution >= 4 is 12.9 Å². The molecule has 4 aliphatic rings. The van der Waals surface area contributed by atoms with Gasteiger partial charge in [-0.05, 0) is 80.6 Å². The van der Waals surface area contributed by atoms with Crippen LogP contribution >= 0.6 is 0 Å². The third kappa shape index (κ3) is 2.47. The van der Waals surface area contributed by atoms with E-state index in [1.54, 1.807) is 0 Å². The van der Waals surface area contributed by atoms with Gasteiger partial charge in [0.1, 0.15) is 12.2 Å². The Morgan fingerprint density at radius 2 is 1.76 bits per heavy atom. The summed E-state index contributed by atoms with van der Waals surface area (Å²) < 4.78 is 10.7. The molecule has 7 atom stereocenters. The molecule has 0 aliphatic heterocycles. The van der Waals surface area contributed by atoms with Crippen LogP contribution in [-0.4, -0.2) is 25.2 Å². The van der Waals surface area contributed by atoms with Crippen molar-refractivity contribution in [3.05, 3.63) is 11.6 Å². The second-order valence-electron chi connectivity index (χ2n) is 9.18. The van der Waals surface area contributed by atoms with Gasteiger partial charge in [0.25, 0.3) is 12.9 Å². The van der Waals surface area contributed by atoms with E-state index in [1.807, 2.05) is 0 Å². The second kappa shape index (κ2) is 6.14. The monoisotopic (exact) mass is 346 g/mol. The number of carbonyl (C=O) groups excluding carboxylic acids is 2. The van der Waals surface area contributed by atoms with Gasteiger partial charge < -0.3 is 9.47 Å². The van der Waals surface area contributed by atoms with Gasteiger partial charge in [-0.15, -0.1) is 0 Å². The SMILES string of the molecule is C[C@]12CC[C@H]3[C@@H](CCC4=C[C@@H](OC=O)CC[C@@]43C)[C@@H]1CC[C@@H]2OC=O. The van der Waals surface area contributed by atoms with Crippen LogP contribution < -0.4 is 0 Å². The van der Waals surface area contributed by atoms with Gasteiger partial charge in [-0.25, -0.2) is 0 Å². The Kier molecular flexibility index (Phi) is 4.20. The van der Waals surface area contributed by atoms with Crippen molar-refractivity contribution in [2.24, 2.45) is 28.6 Å². The normalized spacial score (nSPS) is 48.4. The number of ether oxygens (including phenoxy) is 2. The fourth-order valence-corrected chi connectivity index (χ4v) is 7.12. The summed E-state index contributed by atoms with van der Waals surface area (Å²) >= 11 is 0. The molecule has 3 saturated carbocycles. The summed E-state index contributed by atoms with van der Waals surface area (Å²) in [7, 11) is 0. The molecule has 0 heterocycles. The minimum Gasteiger partial charge on any atom is -0.464 e. The molecule has 4 rings (SSSR count). The summed E-state index contributed by atoms with van der Waals surface area (Å²) in [6.45, 7) is 6.05.